The molecule has 0 fully saturated rings. The van der Waals surface area contributed by atoms with Gasteiger partial charge >= 0.3 is 16.5 Å². The van der Waals surface area contributed by atoms with E-state index in [0.717, 1.165) is 0 Å². The van der Waals surface area contributed by atoms with Crippen molar-refractivity contribution in [3.8, 4) is 0 Å². The maximum atomic E-state index is 8.70. The molecule has 0 saturated carbocycles. The fraction of sp³-hybridized carbons (Fsp3) is 0. The molecular weight excluding hydrogens is 454 g/mol. The minimum atomic E-state index is -2.87. The van der Waals surface area contributed by atoms with Crippen LogP contribution in [-0.2, 0) is 9.13 Å². The lowest BCUT2D eigenvalue weighted by molar-refractivity contribution is 0.403. The highest BCUT2D eigenvalue weighted by atomic mass is 31.1. The lowest BCUT2D eigenvalue weighted by Crippen LogP contribution is -1.58. The van der Waals surface area contributed by atoms with E-state index in [1.807, 2.05) is 72.8 Å². The maximum absolute atomic E-state index is 8.70. The second-order valence-corrected chi connectivity index (χ2v) is 5.61. The van der Waals surface area contributed by atoms with Crippen molar-refractivity contribution in [2.75, 3.05) is 0 Å². The van der Waals surface area contributed by atoms with E-state index in [4.69, 9.17) is 28.7 Å². The SMILES string of the molecule is O=[P+](O)O.O=[P+](O)O.c1ccncc1.c1ccncc1.c1ccncc1.c1ccncc1. The van der Waals surface area contributed by atoms with E-state index in [-0.39, 0.29) is 0 Å². The summed E-state index contributed by atoms with van der Waals surface area (Å²) >= 11 is 0. The molecule has 0 aliphatic heterocycles. The Balaban J connectivity index is 0. The number of aromatic nitrogens is 4. The number of rotatable bonds is 0. The van der Waals surface area contributed by atoms with E-state index in [1.54, 1.807) is 49.6 Å². The second kappa shape index (κ2) is 27.6. The van der Waals surface area contributed by atoms with Gasteiger partial charge in [-0.05, 0) is 48.5 Å². The molecule has 4 rings (SSSR count). The molecule has 4 N–H and O–H groups in total. The van der Waals surface area contributed by atoms with E-state index in [0.29, 0.717) is 0 Å². The molecular formula is C20H24N4O6P2+2. The van der Waals surface area contributed by atoms with E-state index < -0.39 is 16.5 Å². The zero-order chi connectivity index (χ0) is 24.1. The fourth-order valence-corrected chi connectivity index (χ4v) is 1.25. The van der Waals surface area contributed by atoms with Crippen molar-refractivity contribution in [3.63, 3.8) is 0 Å². The van der Waals surface area contributed by atoms with Crippen LogP contribution in [-0.4, -0.2) is 39.5 Å². The van der Waals surface area contributed by atoms with Crippen LogP contribution in [0.5, 0.6) is 0 Å². The molecule has 10 nitrogen and oxygen atoms in total. The van der Waals surface area contributed by atoms with Crippen molar-refractivity contribution in [2.45, 2.75) is 0 Å². The van der Waals surface area contributed by atoms with Gasteiger partial charge in [0, 0.05) is 58.7 Å². The summed E-state index contributed by atoms with van der Waals surface area (Å²) in [5.41, 5.74) is 0. The van der Waals surface area contributed by atoms with Crippen LogP contribution in [0.4, 0.5) is 0 Å². The molecule has 168 valence electrons. The standard InChI is InChI=1S/4C5H5N.2HO3P/c4*1-2-4-6-5-3-1;2*1-4(2)3/h4*1-5H;2*(H-,1,2,3)/p+2. The van der Waals surface area contributed by atoms with Gasteiger partial charge in [-0.15, -0.1) is 19.6 Å². The van der Waals surface area contributed by atoms with Gasteiger partial charge in [-0.1, -0.05) is 24.3 Å². The Kier molecular flexibility index (Phi) is 26.6. The fourth-order valence-electron chi connectivity index (χ4n) is 1.25. The summed E-state index contributed by atoms with van der Waals surface area (Å²) in [7, 11) is -5.74. The average molecular weight is 478 g/mol. The quantitative estimate of drug-likeness (QED) is 0.274. The second-order valence-electron chi connectivity index (χ2n) is 4.60. The molecule has 12 heteroatoms. The molecule has 32 heavy (non-hydrogen) atoms. The first-order valence-electron chi connectivity index (χ1n) is 8.56. The maximum Gasteiger partial charge on any atom is 0.692 e. The molecule has 4 heterocycles. The van der Waals surface area contributed by atoms with Gasteiger partial charge in [-0.2, -0.15) is 0 Å². The molecule has 0 radical (unpaired) electrons. The molecule has 0 aliphatic carbocycles. The van der Waals surface area contributed by atoms with E-state index >= 15 is 0 Å². The minimum absolute atomic E-state index is 1.75. The lowest BCUT2D eigenvalue weighted by atomic mass is 10.5. The van der Waals surface area contributed by atoms with Gasteiger partial charge < -0.3 is 0 Å². The smallest absolute Gasteiger partial charge is 0.265 e. The summed E-state index contributed by atoms with van der Waals surface area (Å²) in [6.07, 6.45) is 14.0. The van der Waals surface area contributed by atoms with Crippen LogP contribution < -0.4 is 0 Å². The van der Waals surface area contributed by atoms with Crippen LogP contribution in [0.3, 0.4) is 0 Å². The van der Waals surface area contributed by atoms with E-state index in [1.165, 1.54) is 0 Å². The number of pyridine rings is 4. The molecule has 4 aromatic heterocycles. The predicted molar refractivity (Wildman–Crippen MR) is 121 cm³/mol. The van der Waals surface area contributed by atoms with Gasteiger partial charge in [-0.3, -0.25) is 19.9 Å². The Morgan fingerprint density at radius 2 is 0.469 bits per heavy atom. The van der Waals surface area contributed by atoms with Crippen molar-refractivity contribution in [1.82, 2.24) is 19.9 Å². The largest absolute Gasteiger partial charge is 0.692 e. The van der Waals surface area contributed by atoms with Crippen LogP contribution in [0.1, 0.15) is 0 Å². The predicted octanol–water partition coefficient (Wildman–Crippen LogP) is 3.58. The van der Waals surface area contributed by atoms with Crippen molar-refractivity contribution in [1.29, 1.82) is 0 Å². The van der Waals surface area contributed by atoms with Gasteiger partial charge in [0.15, 0.2) is 0 Å². The Bertz CT molecular complexity index is 615. The first-order chi connectivity index (χ1) is 15.5. The monoisotopic (exact) mass is 478 g/mol. The average Bonchev–Trinajstić information content (AvgIpc) is 2.84. The molecule has 0 aromatic carbocycles. The number of hydrogen-bond acceptors (Lipinski definition) is 6. The first kappa shape index (κ1) is 30.8. The van der Waals surface area contributed by atoms with Crippen LogP contribution in [0, 0.1) is 0 Å². The molecule has 0 saturated heterocycles. The Hall–Kier alpha value is -3.36. The molecule has 0 unspecified atom stereocenters. The van der Waals surface area contributed by atoms with Gasteiger partial charge in [0.25, 0.3) is 0 Å². The first-order valence-corrected chi connectivity index (χ1v) is 10.9. The van der Waals surface area contributed by atoms with Crippen molar-refractivity contribution >= 4 is 16.5 Å². The van der Waals surface area contributed by atoms with Crippen molar-refractivity contribution < 1.29 is 28.7 Å². The third-order valence-electron chi connectivity index (χ3n) is 2.27. The molecule has 0 atom stereocenters. The van der Waals surface area contributed by atoms with Gasteiger partial charge in [-0.25, -0.2) is 0 Å². The Labute approximate surface area is 187 Å². The molecule has 0 bridgehead atoms. The Morgan fingerprint density at radius 1 is 0.344 bits per heavy atom. The third-order valence-corrected chi connectivity index (χ3v) is 2.27. The zero-order valence-electron chi connectivity index (χ0n) is 16.8. The lowest BCUT2D eigenvalue weighted by Gasteiger charge is -1.70. The highest BCUT2D eigenvalue weighted by Crippen LogP contribution is 1.99. The molecule has 0 spiro atoms. The molecule has 4 aromatic rings. The topological polar surface area (TPSA) is 167 Å². The Morgan fingerprint density at radius 3 is 0.500 bits per heavy atom. The van der Waals surface area contributed by atoms with Crippen LogP contribution in [0.15, 0.2) is 122 Å². The molecule has 0 amide bonds. The summed E-state index contributed by atoms with van der Waals surface area (Å²) in [5, 5.41) is 0. The summed E-state index contributed by atoms with van der Waals surface area (Å²) in [5.74, 6) is 0. The van der Waals surface area contributed by atoms with E-state index in [9.17, 15) is 0 Å². The highest BCUT2D eigenvalue weighted by Gasteiger charge is 1.93. The normalized spacial score (nSPS) is 7.62. The summed E-state index contributed by atoms with van der Waals surface area (Å²) < 4.78 is 17.4. The third kappa shape index (κ3) is 41.1. The van der Waals surface area contributed by atoms with Crippen LogP contribution >= 0.6 is 16.5 Å². The summed E-state index contributed by atoms with van der Waals surface area (Å²) in [4.78, 5) is 43.6. The van der Waals surface area contributed by atoms with E-state index in [2.05, 4.69) is 19.9 Å². The minimum Gasteiger partial charge on any atom is -0.265 e. The van der Waals surface area contributed by atoms with Crippen LogP contribution in [0.25, 0.3) is 0 Å². The van der Waals surface area contributed by atoms with Crippen molar-refractivity contribution in [3.05, 3.63) is 122 Å². The zero-order valence-corrected chi connectivity index (χ0v) is 18.6. The number of nitrogens with zero attached hydrogens (tertiary/aromatic N) is 4. The molecule has 0 aliphatic rings. The van der Waals surface area contributed by atoms with Gasteiger partial charge in [0.2, 0.25) is 0 Å². The summed E-state index contributed by atoms with van der Waals surface area (Å²) in [6, 6.07) is 22.9. The van der Waals surface area contributed by atoms with Gasteiger partial charge in [0.1, 0.15) is 0 Å². The van der Waals surface area contributed by atoms with Gasteiger partial charge in [0.05, 0.1) is 0 Å². The summed E-state index contributed by atoms with van der Waals surface area (Å²) in [6.45, 7) is 0. The highest BCUT2D eigenvalue weighted by molar-refractivity contribution is 7.31. The number of hydrogen-bond donors (Lipinski definition) is 4. The van der Waals surface area contributed by atoms with Crippen molar-refractivity contribution in [2.24, 2.45) is 0 Å². The van der Waals surface area contributed by atoms with Crippen LogP contribution in [0.2, 0.25) is 0 Å².